The van der Waals surface area contributed by atoms with Gasteiger partial charge in [-0.25, -0.2) is 4.98 Å². The number of pyridine rings is 1. The van der Waals surface area contributed by atoms with Gasteiger partial charge in [-0.3, -0.25) is 9.59 Å². The standard InChI is InChI=1S/C18H17NO2S/c1-9-5-10(2)19-15(6-9)22-14-8-13(20)16-11-3-4-12(7-11)17(16)18(14)21/h3-6,8,11-12,16-17H,7H2,1-2H3/t11-,12-,16-,17-/m0/s1. The first kappa shape index (κ1) is 13.9. The number of Topliss-reactive ketones (excluding diaryl/α,β-unsaturated/α-hetero) is 1. The number of rotatable bonds is 2. The number of fused-ring (bicyclic) bond motifs is 5. The summed E-state index contributed by atoms with van der Waals surface area (Å²) in [4.78, 5) is 30.3. The molecule has 0 unspecified atom stereocenters. The zero-order valence-electron chi connectivity index (χ0n) is 12.6. The lowest BCUT2D eigenvalue weighted by Crippen LogP contribution is -2.36. The second kappa shape index (κ2) is 4.92. The summed E-state index contributed by atoms with van der Waals surface area (Å²) in [6, 6.07) is 3.96. The Balaban J connectivity index is 1.66. The van der Waals surface area contributed by atoms with E-state index in [2.05, 4.69) is 17.1 Å². The number of hydrogen-bond donors (Lipinski definition) is 0. The third-order valence-electron chi connectivity index (χ3n) is 4.90. The highest BCUT2D eigenvalue weighted by atomic mass is 32.2. The van der Waals surface area contributed by atoms with Gasteiger partial charge in [0.15, 0.2) is 11.6 Å². The lowest BCUT2D eigenvalue weighted by molar-refractivity contribution is -0.129. The van der Waals surface area contributed by atoms with E-state index in [1.807, 2.05) is 26.0 Å². The molecule has 0 aromatic carbocycles. The Labute approximate surface area is 133 Å². The maximum atomic E-state index is 12.8. The fraction of sp³-hybridized carbons (Fsp3) is 0.389. The highest BCUT2D eigenvalue weighted by molar-refractivity contribution is 8.04. The van der Waals surface area contributed by atoms with Crippen LogP contribution in [0.4, 0.5) is 0 Å². The molecule has 3 nitrogen and oxygen atoms in total. The van der Waals surface area contributed by atoms with E-state index >= 15 is 0 Å². The second-order valence-corrected chi connectivity index (χ2v) is 7.56. The Morgan fingerprint density at radius 2 is 1.82 bits per heavy atom. The molecule has 1 heterocycles. The van der Waals surface area contributed by atoms with E-state index in [9.17, 15) is 9.59 Å². The van der Waals surface area contributed by atoms with Crippen molar-refractivity contribution in [2.45, 2.75) is 25.3 Å². The van der Waals surface area contributed by atoms with Gasteiger partial charge in [0, 0.05) is 17.5 Å². The van der Waals surface area contributed by atoms with Crippen molar-refractivity contribution in [3.8, 4) is 0 Å². The van der Waals surface area contributed by atoms with Crippen LogP contribution < -0.4 is 0 Å². The van der Waals surface area contributed by atoms with Crippen LogP contribution in [0.15, 0.2) is 40.3 Å². The number of allylic oxidation sites excluding steroid dienone is 4. The van der Waals surface area contributed by atoms with Gasteiger partial charge in [0.25, 0.3) is 0 Å². The summed E-state index contributed by atoms with van der Waals surface area (Å²) in [5.74, 6) is 0.525. The summed E-state index contributed by atoms with van der Waals surface area (Å²) in [7, 11) is 0. The molecule has 0 N–H and O–H groups in total. The Morgan fingerprint density at radius 3 is 2.55 bits per heavy atom. The van der Waals surface area contributed by atoms with E-state index in [1.165, 1.54) is 11.8 Å². The molecule has 0 aliphatic heterocycles. The largest absolute Gasteiger partial charge is 0.294 e. The molecule has 2 bridgehead atoms. The lowest BCUT2D eigenvalue weighted by Gasteiger charge is -2.29. The van der Waals surface area contributed by atoms with Crippen LogP contribution in [0.3, 0.4) is 0 Å². The number of aryl methyl sites for hydroxylation is 2. The predicted molar refractivity (Wildman–Crippen MR) is 85.4 cm³/mol. The fourth-order valence-electron chi connectivity index (χ4n) is 4.08. The highest BCUT2D eigenvalue weighted by Gasteiger charge is 2.53. The van der Waals surface area contributed by atoms with E-state index in [0.29, 0.717) is 4.91 Å². The molecule has 22 heavy (non-hydrogen) atoms. The third-order valence-corrected chi connectivity index (χ3v) is 5.85. The van der Waals surface area contributed by atoms with E-state index in [-0.39, 0.29) is 35.2 Å². The molecule has 0 spiro atoms. The highest BCUT2D eigenvalue weighted by Crippen LogP contribution is 2.52. The Kier molecular flexibility index (Phi) is 3.12. The molecule has 112 valence electrons. The number of nitrogens with zero attached hydrogens (tertiary/aromatic N) is 1. The molecule has 1 fully saturated rings. The maximum Gasteiger partial charge on any atom is 0.174 e. The zero-order chi connectivity index (χ0) is 15.4. The van der Waals surface area contributed by atoms with Gasteiger partial charge in [-0.15, -0.1) is 0 Å². The van der Waals surface area contributed by atoms with Gasteiger partial charge in [0.2, 0.25) is 0 Å². The van der Waals surface area contributed by atoms with Crippen molar-refractivity contribution in [3.63, 3.8) is 0 Å². The number of carbonyl (C=O) groups excluding carboxylic acids is 2. The van der Waals surface area contributed by atoms with Crippen LogP contribution in [0.5, 0.6) is 0 Å². The minimum atomic E-state index is -0.138. The lowest BCUT2D eigenvalue weighted by atomic mass is 9.75. The Hall–Kier alpha value is -1.68. The monoisotopic (exact) mass is 311 g/mol. The van der Waals surface area contributed by atoms with Crippen molar-refractivity contribution in [1.82, 2.24) is 4.98 Å². The third kappa shape index (κ3) is 2.09. The SMILES string of the molecule is Cc1cc(C)nc(SC2=CC(=O)[C@H]3[C@@H](C2=O)[C@H]2C=C[C@H]3C2)c1. The van der Waals surface area contributed by atoms with Crippen LogP contribution in [-0.2, 0) is 9.59 Å². The van der Waals surface area contributed by atoms with Gasteiger partial charge in [0.1, 0.15) is 5.03 Å². The van der Waals surface area contributed by atoms with Crippen LogP contribution in [-0.4, -0.2) is 16.6 Å². The second-order valence-electron chi connectivity index (χ2n) is 6.50. The molecule has 1 aromatic rings. The minimum absolute atomic E-state index is 0.112. The van der Waals surface area contributed by atoms with Gasteiger partial charge >= 0.3 is 0 Å². The molecule has 0 saturated heterocycles. The number of carbonyl (C=O) groups is 2. The number of aromatic nitrogens is 1. The van der Waals surface area contributed by atoms with Crippen molar-refractivity contribution in [1.29, 1.82) is 0 Å². The molecule has 4 heteroatoms. The Bertz CT molecular complexity index is 729. The molecule has 4 atom stereocenters. The van der Waals surface area contributed by atoms with E-state index in [4.69, 9.17) is 0 Å². The van der Waals surface area contributed by atoms with Gasteiger partial charge in [-0.2, -0.15) is 0 Å². The summed E-state index contributed by atoms with van der Waals surface area (Å²) >= 11 is 1.34. The van der Waals surface area contributed by atoms with Crippen LogP contribution in [0.1, 0.15) is 17.7 Å². The zero-order valence-corrected chi connectivity index (χ0v) is 13.4. The van der Waals surface area contributed by atoms with Crippen LogP contribution in [0, 0.1) is 37.5 Å². The average molecular weight is 311 g/mol. The molecule has 1 saturated carbocycles. The Morgan fingerprint density at radius 1 is 1.09 bits per heavy atom. The van der Waals surface area contributed by atoms with Crippen LogP contribution in [0.2, 0.25) is 0 Å². The summed E-state index contributed by atoms with van der Waals surface area (Å²) in [6.07, 6.45) is 6.76. The van der Waals surface area contributed by atoms with Gasteiger partial charge in [-0.1, -0.05) is 23.9 Å². The molecular weight excluding hydrogens is 294 g/mol. The van der Waals surface area contributed by atoms with Gasteiger partial charge in [0.05, 0.1) is 4.91 Å². The number of hydrogen-bond acceptors (Lipinski definition) is 4. The molecular formula is C18H17NO2S. The van der Waals surface area contributed by atoms with E-state index in [0.717, 1.165) is 22.7 Å². The van der Waals surface area contributed by atoms with Crippen LogP contribution >= 0.6 is 11.8 Å². The molecule has 3 aliphatic rings. The van der Waals surface area contributed by atoms with Crippen molar-refractivity contribution >= 4 is 23.3 Å². The summed E-state index contributed by atoms with van der Waals surface area (Å²) < 4.78 is 0. The first-order valence-electron chi connectivity index (χ1n) is 7.64. The summed E-state index contributed by atoms with van der Waals surface area (Å²) in [5, 5.41) is 0.794. The number of thioether (sulfide) groups is 1. The molecule has 0 radical (unpaired) electrons. The normalized spacial score (nSPS) is 32.4. The molecule has 3 aliphatic carbocycles. The van der Waals surface area contributed by atoms with Crippen molar-refractivity contribution in [2.24, 2.45) is 23.7 Å². The van der Waals surface area contributed by atoms with Gasteiger partial charge < -0.3 is 0 Å². The first-order chi connectivity index (χ1) is 10.5. The van der Waals surface area contributed by atoms with Crippen LogP contribution in [0.25, 0.3) is 0 Å². The molecule has 1 aromatic heterocycles. The molecule has 4 rings (SSSR count). The summed E-state index contributed by atoms with van der Waals surface area (Å²) in [5.41, 5.74) is 2.05. The summed E-state index contributed by atoms with van der Waals surface area (Å²) in [6.45, 7) is 3.95. The smallest absolute Gasteiger partial charge is 0.174 e. The predicted octanol–water partition coefficient (Wildman–Crippen LogP) is 3.26. The van der Waals surface area contributed by atoms with Crippen molar-refractivity contribution in [3.05, 3.63) is 46.5 Å². The van der Waals surface area contributed by atoms with E-state index in [1.54, 1.807) is 6.08 Å². The van der Waals surface area contributed by atoms with Crippen molar-refractivity contribution < 1.29 is 9.59 Å². The molecule has 0 amide bonds. The first-order valence-corrected chi connectivity index (χ1v) is 8.46. The quantitative estimate of drug-likeness (QED) is 0.787. The topological polar surface area (TPSA) is 47.0 Å². The number of ketones is 2. The van der Waals surface area contributed by atoms with E-state index < -0.39 is 0 Å². The minimum Gasteiger partial charge on any atom is -0.294 e. The average Bonchev–Trinajstić information content (AvgIpc) is 3.04. The van der Waals surface area contributed by atoms with Gasteiger partial charge in [-0.05, 0) is 55.9 Å². The fourth-order valence-corrected chi connectivity index (χ4v) is 5.15. The maximum absolute atomic E-state index is 12.8. The van der Waals surface area contributed by atoms with Crippen molar-refractivity contribution in [2.75, 3.05) is 0 Å².